The van der Waals surface area contributed by atoms with Gasteiger partial charge >= 0.3 is 5.69 Å². The van der Waals surface area contributed by atoms with Gasteiger partial charge in [0.1, 0.15) is 0 Å². The quantitative estimate of drug-likeness (QED) is 0.666. The van der Waals surface area contributed by atoms with Gasteiger partial charge in [0.25, 0.3) is 0 Å². The number of anilines is 1. The molecule has 3 heteroatoms. The van der Waals surface area contributed by atoms with Crippen LogP contribution in [-0.4, -0.2) is 5.54 Å². The van der Waals surface area contributed by atoms with Crippen LogP contribution in [0.15, 0.2) is 24.3 Å². The van der Waals surface area contributed by atoms with Crippen LogP contribution in [0.25, 0.3) is 4.98 Å². The molecule has 1 aromatic carbocycles. The Balaban J connectivity index is 2.77. The number of nitrogens with zero attached hydrogens (tertiary/aromatic N) is 2. The molecule has 3 nitrogen and oxygen atoms in total. The lowest BCUT2D eigenvalue weighted by atomic mass is 10.1. The summed E-state index contributed by atoms with van der Waals surface area (Å²) in [6.45, 7) is 6.28. The Labute approximate surface area is 78.4 Å². The lowest BCUT2D eigenvalue weighted by Gasteiger charge is -2.21. The van der Waals surface area contributed by atoms with E-state index in [1.807, 2.05) is 12.1 Å². The summed E-state index contributed by atoms with van der Waals surface area (Å²) >= 11 is 0. The fourth-order valence-electron chi connectivity index (χ4n) is 1.04. The first-order valence-electron chi connectivity index (χ1n) is 4.24. The summed E-state index contributed by atoms with van der Waals surface area (Å²) in [4.78, 5) is 3.08. The van der Waals surface area contributed by atoms with Crippen molar-refractivity contribution in [1.82, 2.24) is 0 Å². The van der Waals surface area contributed by atoms with E-state index in [0.717, 1.165) is 5.69 Å². The first-order chi connectivity index (χ1) is 6.01. The normalized spacial score (nSPS) is 10.6. The largest absolute Gasteiger partial charge is 0.385 e. The molecule has 0 aliphatic carbocycles. The van der Waals surface area contributed by atoms with E-state index in [4.69, 9.17) is 5.39 Å². The van der Waals surface area contributed by atoms with E-state index in [1.165, 1.54) is 0 Å². The highest BCUT2D eigenvalue weighted by Gasteiger charge is 2.10. The molecule has 0 unspecified atom stereocenters. The third-order valence-corrected chi connectivity index (χ3v) is 1.50. The summed E-state index contributed by atoms with van der Waals surface area (Å²) in [5.74, 6) is 0. The van der Waals surface area contributed by atoms with Crippen molar-refractivity contribution in [3.8, 4) is 0 Å². The van der Waals surface area contributed by atoms with Crippen LogP contribution in [0.5, 0.6) is 0 Å². The van der Waals surface area contributed by atoms with Gasteiger partial charge in [-0.15, -0.1) is 0 Å². The van der Waals surface area contributed by atoms with Crippen molar-refractivity contribution in [3.63, 3.8) is 0 Å². The molecule has 13 heavy (non-hydrogen) atoms. The van der Waals surface area contributed by atoms with Crippen molar-refractivity contribution >= 4 is 11.4 Å². The van der Waals surface area contributed by atoms with Crippen LogP contribution in [0.1, 0.15) is 20.8 Å². The molecular weight excluding hydrogens is 162 g/mol. The molecule has 0 fully saturated rings. The lowest BCUT2D eigenvalue weighted by molar-refractivity contribution is 0.634. The minimum absolute atomic E-state index is 0.0534. The van der Waals surface area contributed by atoms with Gasteiger partial charge in [-0.05, 0) is 32.9 Å². The highest BCUT2D eigenvalue weighted by atomic mass is 14.9. The van der Waals surface area contributed by atoms with Gasteiger partial charge in [-0.25, -0.2) is 0 Å². The summed E-state index contributed by atoms with van der Waals surface area (Å²) < 4.78 is 0. The molecule has 0 saturated heterocycles. The van der Waals surface area contributed by atoms with Gasteiger partial charge in [-0.3, -0.25) is 0 Å². The third-order valence-electron chi connectivity index (χ3n) is 1.50. The van der Waals surface area contributed by atoms with Crippen molar-refractivity contribution in [1.29, 1.82) is 5.39 Å². The van der Waals surface area contributed by atoms with E-state index in [9.17, 15) is 0 Å². The first kappa shape index (κ1) is 9.53. The second-order valence-electron chi connectivity index (χ2n) is 4.02. The maximum absolute atomic E-state index is 8.47. The first-order valence-corrected chi connectivity index (χ1v) is 4.24. The summed E-state index contributed by atoms with van der Waals surface area (Å²) in [6.07, 6.45) is 0. The van der Waals surface area contributed by atoms with Crippen LogP contribution in [0.2, 0.25) is 0 Å². The van der Waals surface area contributed by atoms with Gasteiger partial charge < -0.3 is 5.32 Å². The molecule has 0 amide bonds. The van der Waals surface area contributed by atoms with Crippen molar-refractivity contribution in [2.24, 2.45) is 0 Å². The molecule has 0 heterocycles. The van der Waals surface area contributed by atoms with Crippen molar-refractivity contribution in [2.75, 3.05) is 5.32 Å². The van der Waals surface area contributed by atoms with Crippen molar-refractivity contribution in [2.45, 2.75) is 26.3 Å². The molecule has 0 aliphatic rings. The standard InChI is InChI=1S/C10H14N3/c1-10(2,3)12-8-4-6-9(13-11)7-5-8/h4-7,12H,1-3H3/q+1. The molecule has 0 bridgehead atoms. The summed E-state index contributed by atoms with van der Waals surface area (Å²) in [5.41, 5.74) is 1.65. The van der Waals surface area contributed by atoms with Gasteiger partial charge in [0, 0.05) is 23.4 Å². The Hall–Kier alpha value is -1.56. The molecule has 0 radical (unpaired) electrons. The number of benzene rings is 1. The highest BCUT2D eigenvalue weighted by molar-refractivity contribution is 5.54. The van der Waals surface area contributed by atoms with Gasteiger partial charge in [0.05, 0.1) is 0 Å². The Morgan fingerprint density at radius 2 is 1.69 bits per heavy atom. The number of nitrogens with one attached hydrogen (secondary N) is 1. The number of hydrogen-bond acceptors (Lipinski definition) is 2. The third kappa shape index (κ3) is 3.12. The van der Waals surface area contributed by atoms with Crippen LogP contribution >= 0.6 is 0 Å². The maximum atomic E-state index is 8.47. The van der Waals surface area contributed by atoms with Gasteiger partial charge in [0.2, 0.25) is 5.39 Å². The predicted molar refractivity (Wildman–Crippen MR) is 54.6 cm³/mol. The van der Waals surface area contributed by atoms with Crippen LogP contribution in [-0.2, 0) is 0 Å². The molecule has 1 aromatic rings. The molecule has 0 atom stereocenters. The van der Waals surface area contributed by atoms with E-state index in [-0.39, 0.29) is 5.54 Å². The molecule has 0 saturated carbocycles. The number of diazo groups is 1. The van der Waals surface area contributed by atoms with E-state index in [2.05, 4.69) is 31.1 Å². The Bertz CT molecular complexity index is 314. The lowest BCUT2D eigenvalue weighted by Crippen LogP contribution is -2.25. The van der Waals surface area contributed by atoms with Crippen LogP contribution in [0, 0.1) is 5.39 Å². The zero-order valence-electron chi connectivity index (χ0n) is 8.20. The van der Waals surface area contributed by atoms with E-state index >= 15 is 0 Å². The smallest absolute Gasteiger partial charge is 0.380 e. The summed E-state index contributed by atoms with van der Waals surface area (Å²) in [6, 6.07) is 7.29. The Kier molecular flexibility index (Phi) is 2.52. The van der Waals surface area contributed by atoms with Gasteiger partial charge in [0.15, 0.2) is 4.98 Å². The van der Waals surface area contributed by atoms with E-state index in [0.29, 0.717) is 5.69 Å². The maximum Gasteiger partial charge on any atom is 0.385 e. The summed E-state index contributed by atoms with van der Waals surface area (Å²) in [5, 5.41) is 11.8. The second-order valence-corrected chi connectivity index (χ2v) is 4.02. The van der Waals surface area contributed by atoms with Crippen LogP contribution in [0.3, 0.4) is 0 Å². The van der Waals surface area contributed by atoms with Crippen LogP contribution in [0.4, 0.5) is 11.4 Å². The van der Waals surface area contributed by atoms with Crippen LogP contribution < -0.4 is 5.32 Å². The average molecular weight is 176 g/mol. The van der Waals surface area contributed by atoms with Gasteiger partial charge in [-0.1, -0.05) is 0 Å². The minimum Gasteiger partial charge on any atom is -0.380 e. The molecule has 0 aliphatic heterocycles. The van der Waals surface area contributed by atoms with Gasteiger partial charge in [-0.2, -0.15) is 0 Å². The number of hydrogen-bond donors (Lipinski definition) is 1. The number of rotatable bonds is 1. The molecule has 1 rings (SSSR count). The molecule has 1 N–H and O–H groups in total. The predicted octanol–water partition coefficient (Wildman–Crippen LogP) is 3.38. The highest BCUT2D eigenvalue weighted by Crippen LogP contribution is 2.18. The molecule has 0 aromatic heterocycles. The monoisotopic (exact) mass is 176 g/mol. The fraction of sp³-hybridized carbons (Fsp3) is 0.400. The van der Waals surface area contributed by atoms with Crippen molar-refractivity contribution in [3.05, 3.63) is 29.2 Å². The zero-order valence-corrected chi connectivity index (χ0v) is 8.20. The molecular formula is C10H14N3+. The zero-order chi connectivity index (χ0) is 9.90. The Morgan fingerprint density at radius 3 is 2.08 bits per heavy atom. The second kappa shape index (κ2) is 3.44. The minimum atomic E-state index is 0.0534. The topological polar surface area (TPSA) is 40.2 Å². The molecule has 0 spiro atoms. The summed E-state index contributed by atoms with van der Waals surface area (Å²) in [7, 11) is 0. The van der Waals surface area contributed by atoms with E-state index in [1.54, 1.807) is 12.1 Å². The SMILES string of the molecule is CC(C)(C)Nc1ccc([N+]#N)cc1. The molecule has 68 valence electrons. The average Bonchev–Trinajstić information content (AvgIpc) is 2.03. The Morgan fingerprint density at radius 1 is 1.15 bits per heavy atom. The fourth-order valence-corrected chi connectivity index (χ4v) is 1.04. The van der Waals surface area contributed by atoms with Crippen molar-refractivity contribution < 1.29 is 0 Å². The van der Waals surface area contributed by atoms with E-state index < -0.39 is 0 Å².